The number of benzene rings is 1. The van der Waals surface area contributed by atoms with Crippen LogP contribution in [0.15, 0.2) is 34.6 Å². The van der Waals surface area contributed by atoms with Gasteiger partial charge in [0.2, 0.25) is 10.0 Å². The number of hydrogen-bond donors (Lipinski definition) is 2. The average molecular weight is 313 g/mol. The van der Waals surface area contributed by atoms with Gasteiger partial charge in [-0.3, -0.25) is 0 Å². The van der Waals surface area contributed by atoms with E-state index in [9.17, 15) is 16.8 Å². The molecule has 1 heterocycles. The van der Waals surface area contributed by atoms with Crippen molar-refractivity contribution in [3.8, 4) is 6.07 Å². The quantitative estimate of drug-likeness (QED) is 0.739. The molecule has 0 aromatic heterocycles. The number of nitrogens with two attached hydrogens (primary N) is 1. The first-order valence-electron chi connectivity index (χ1n) is 5.46. The second kappa shape index (κ2) is 4.90. The van der Waals surface area contributed by atoms with Crippen molar-refractivity contribution >= 4 is 25.5 Å². The Labute approximate surface area is 116 Å². The number of nitriles is 1. The molecule has 1 aliphatic rings. The standard InChI is InChI=1S/C11H11N3O4S2/c12-6-8-5-9(13)1-2-11(8)20(17,18)14-10-3-4-19(15,16)7-10/h1-5,10,14H,7,13H2. The number of rotatable bonds is 3. The zero-order valence-corrected chi connectivity index (χ0v) is 11.8. The molecule has 106 valence electrons. The maximum absolute atomic E-state index is 12.2. The molecule has 1 aromatic rings. The summed E-state index contributed by atoms with van der Waals surface area (Å²) in [5.41, 5.74) is 5.66. The monoisotopic (exact) mass is 313 g/mol. The number of nitrogen functional groups attached to an aromatic ring is 1. The first-order valence-corrected chi connectivity index (χ1v) is 8.66. The van der Waals surface area contributed by atoms with Crippen LogP contribution in [-0.2, 0) is 19.9 Å². The topological polar surface area (TPSA) is 130 Å². The highest BCUT2D eigenvalue weighted by molar-refractivity contribution is 7.94. The van der Waals surface area contributed by atoms with E-state index in [2.05, 4.69) is 4.72 Å². The van der Waals surface area contributed by atoms with Crippen molar-refractivity contribution in [1.29, 1.82) is 5.26 Å². The molecule has 1 unspecified atom stereocenters. The van der Waals surface area contributed by atoms with E-state index in [4.69, 9.17) is 11.0 Å². The van der Waals surface area contributed by atoms with Crippen LogP contribution in [0, 0.1) is 11.3 Å². The van der Waals surface area contributed by atoms with Gasteiger partial charge in [-0.1, -0.05) is 6.08 Å². The molecule has 1 aromatic carbocycles. The largest absolute Gasteiger partial charge is 0.399 e. The van der Waals surface area contributed by atoms with Crippen LogP contribution in [0.2, 0.25) is 0 Å². The fourth-order valence-corrected chi connectivity index (χ4v) is 4.45. The van der Waals surface area contributed by atoms with Crippen LogP contribution in [0.1, 0.15) is 5.56 Å². The second-order valence-corrected chi connectivity index (χ2v) is 7.87. The summed E-state index contributed by atoms with van der Waals surface area (Å²) in [6.45, 7) is 0. The average Bonchev–Trinajstić information content (AvgIpc) is 2.67. The molecule has 9 heteroatoms. The molecular formula is C11H11N3O4S2. The highest BCUT2D eigenvalue weighted by Crippen LogP contribution is 2.19. The predicted molar refractivity (Wildman–Crippen MR) is 72.6 cm³/mol. The molecule has 2 rings (SSSR count). The van der Waals surface area contributed by atoms with Gasteiger partial charge >= 0.3 is 0 Å². The lowest BCUT2D eigenvalue weighted by Gasteiger charge is -2.12. The number of nitrogens with one attached hydrogen (secondary N) is 1. The lowest BCUT2D eigenvalue weighted by Crippen LogP contribution is -2.35. The highest BCUT2D eigenvalue weighted by Gasteiger charge is 2.28. The Morgan fingerprint density at radius 3 is 2.65 bits per heavy atom. The van der Waals surface area contributed by atoms with E-state index >= 15 is 0 Å². The van der Waals surface area contributed by atoms with Crippen LogP contribution in [0.5, 0.6) is 0 Å². The van der Waals surface area contributed by atoms with Gasteiger partial charge in [0.15, 0.2) is 9.84 Å². The third-order valence-electron chi connectivity index (χ3n) is 2.65. The number of sulfone groups is 1. The van der Waals surface area contributed by atoms with Gasteiger partial charge in [0.1, 0.15) is 6.07 Å². The van der Waals surface area contributed by atoms with Crippen LogP contribution in [0.4, 0.5) is 5.69 Å². The minimum Gasteiger partial charge on any atom is -0.399 e. The Hall–Kier alpha value is -1.89. The summed E-state index contributed by atoms with van der Waals surface area (Å²) in [4.78, 5) is -0.230. The van der Waals surface area contributed by atoms with Crippen molar-refractivity contribution in [3.05, 3.63) is 35.2 Å². The lowest BCUT2D eigenvalue weighted by molar-refractivity contribution is 0.574. The van der Waals surface area contributed by atoms with Gasteiger partial charge in [0.05, 0.1) is 22.3 Å². The third-order valence-corrected chi connectivity index (χ3v) is 5.59. The van der Waals surface area contributed by atoms with E-state index < -0.39 is 25.9 Å². The molecule has 1 aliphatic heterocycles. The van der Waals surface area contributed by atoms with Gasteiger partial charge in [-0.05, 0) is 18.2 Å². The molecule has 0 aliphatic carbocycles. The summed E-state index contributed by atoms with van der Waals surface area (Å²) in [5.74, 6) is -0.330. The Morgan fingerprint density at radius 2 is 2.10 bits per heavy atom. The Kier molecular flexibility index (Phi) is 3.56. The summed E-state index contributed by atoms with van der Waals surface area (Å²) in [6, 6.07) is 4.72. The molecule has 0 amide bonds. The zero-order valence-electron chi connectivity index (χ0n) is 10.1. The van der Waals surface area contributed by atoms with E-state index in [0.717, 1.165) is 5.41 Å². The number of anilines is 1. The molecule has 0 fully saturated rings. The van der Waals surface area contributed by atoms with Gasteiger partial charge in [0.25, 0.3) is 0 Å². The zero-order chi connectivity index (χ0) is 15.0. The lowest BCUT2D eigenvalue weighted by atomic mass is 10.2. The van der Waals surface area contributed by atoms with Crippen LogP contribution >= 0.6 is 0 Å². The van der Waals surface area contributed by atoms with Gasteiger partial charge in [-0.15, -0.1) is 0 Å². The molecule has 0 bridgehead atoms. The minimum absolute atomic E-state index is 0.0951. The van der Waals surface area contributed by atoms with Crippen molar-refractivity contribution in [1.82, 2.24) is 4.72 Å². The van der Waals surface area contributed by atoms with Gasteiger partial charge in [-0.2, -0.15) is 5.26 Å². The van der Waals surface area contributed by atoms with Crippen molar-refractivity contribution in [2.24, 2.45) is 0 Å². The second-order valence-electron chi connectivity index (χ2n) is 4.25. The van der Waals surface area contributed by atoms with Crippen LogP contribution in [-0.4, -0.2) is 28.6 Å². The van der Waals surface area contributed by atoms with Crippen molar-refractivity contribution in [2.75, 3.05) is 11.5 Å². The van der Waals surface area contributed by atoms with E-state index in [0.29, 0.717) is 0 Å². The molecule has 0 saturated carbocycles. The van der Waals surface area contributed by atoms with E-state index in [1.54, 1.807) is 6.07 Å². The highest BCUT2D eigenvalue weighted by atomic mass is 32.2. The van der Waals surface area contributed by atoms with E-state index in [-0.39, 0.29) is 21.9 Å². The van der Waals surface area contributed by atoms with Crippen LogP contribution in [0.25, 0.3) is 0 Å². The molecule has 3 N–H and O–H groups in total. The fourth-order valence-electron chi connectivity index (χ4n) is 1.78. The Bertz CT molecular complexity index is 820. The SMILES string of the molecule is N#Cc1cc(N)ccc1S(=O)(=O)NC1C=CS(=O)(=O)C1. The maximum Gasteiger partial charge on any atom is 0.242 e. The van der Waals surface area contributed by atoms with Gasteiger partial charge < -0.3 is 5.73 Å². The maximum atomic E-state index is 12.2. The van der Waals surface area contributed by atoms with E-state index in [1.165, 1.54) is 24.3 Å². The predicted octanol–water partition coefficient (Wildman–Crippen LogP) is -0.271. The van der Waals surface area contributed by atoms with Crippen molar-refractivity contribution in [2.45, 2.75) is 10.9 Å². The van der Waals surface area contributed by atoms with Crippen LogP contribution in [0.3, 0.4) is 0 Å². The number of hydrogen-bond acceptors (Lipinski definition) is 6. The molecule has 0 saturated heterocycles. The van der Waals surface area contributed by atoms with Gasteiger partial charge in [-0.25, -0.2) is 21.6 Å². The summed E-state index contributed by atoms with van der Waals surface area (Å²) >= 11 is 0. The van der Waals surface area contributed by atoms with Crippen LogP contribution < -0.4 is 10.5 Å². The minimum atomic E-state index is -4.00. The third kappa shape index (κ3) is 2.98. The number of nitrogens with zero attached hydrogens (tertiary/aromatic N) is 1. The Balaban J connectivity index is 2.33. The summed E-state index contributed by atoms with van der Waals surface area (Å²) in [5, 5.41) is 9.91. The molecule has 7 nitrogen and oxygen atoms in total. The van der Waals surface area contributed by atoms with Crippen molar-refractivity contribution in [3.63, 3.8) is 0 Å². The summed E-state index contributed by atoms with van der Waals surface area (Å²) < 4.78 is 49.0. The smallest absolute Gasteiger partial charge is 0.242 e. The fraction of sp³-hybridized carbons (Fsp3) is 0.182. The molecule has 0 radical (unpaired) electrons. The first kappa shape index (κ1) is 14.5. The molecule has 1 atom stereocenters. The summed E-state index contributed by atoms with van der Waals surface area (Å²) in [6.07, 6.45) is 1.26. The van der Waals surface area contributed by atoms with Crippen molar-refractivity contribution < 1.29 is 16.8 Å². The molecule has 0 spiro atoms. The Morgan fingerprint density at radius 1 is 1.40 bits per heavy atom. The first-order chi connectivity index (χ1) is 9.23. The summed E-state index contributed by atoms with van der Waals surface area (Å²) in [7, 11) is -7.36. The number of sulfonamides is 1. The molecule has 20 heavy (non-hydrogen) atoms. The normalized spacial score (nSPS) is 20.6. The molecular weight excluding hydrogens is 302 g/mol. The van der Waals surface area contributed by atoms with Gasteiger partial charge in [0, 0.05) is 11.1 Å². The van der Waals surface area contributed by atoms with E-state index in [1.807, 2.05) is 0 Å².